The van der Waals surface area contributed by atoms with Crippen molar-refractivity contribution in [3.05, 3.63) is 11.6 Å². The molecule has 2 unspecified atom stereocenters. The Kier molecular flexibility index (Phi) is 6.91. The minimum Gasteiger partial charge on any atom is -0.396 e. The van der Waals surface area contributed by atoms with Crippen molar-refractivity contribution in [2.24, 2.45) is 5.41 Å². The quantitative estimate of drug-likeness (QED) is 0.457. The van der Waals surface area contributed by atoms with E-state index in [9.17, 15) is 10.2 Å². The molecular weight excluding hydrogens is 240 g/mol. The lowest BCUT2D eigenvalue weighted by Gasteiger charge is -2.29. The zero-order valence-electron chi connectivity index (χ0n) is 12.7. The van der Waals surface area contributed by atoms with Crippen LogP contribution in [0.25, 0.3) is 0 Å². The van der Waals surface area contributed by atoms with Crippen molar-refractivity contribution in [3.63, 3.8) is 0 Å². The molecule has 0 bridgehead atoms. The van der Waals surface area contributed by atoms with E-state index in [2.05, 4.69) is 51.0 Å². The minimum atomic E-state index is -1.48. The molecule has 0 aliphatic rings. The van der Waals surface area contributed by atoms with Crippen LogP contribution < -0.4 is 0 Å². The normalized spacial score (nSPS) is 16.2. The highest BCUT2D eigenvalue weighted by atomic mass is 28.3. The summed E-state index contributed by atoms with van der Waals surface area (Å²) in [6.45, 7) is 12.4. The highest BCUT2D eigenvalue weighted by molar-refractivity contribution is 6.83. The fourth-order valence-corrected chi connectivity index (χ4v) is 2.02. The van der Waals surface area contributed by atoms with Gasteiger partial charge in [0.05, 0.1) is 6.61 Å². The molecule has 104 valence electrons. The van der Waals surface area contributed by atoms with Crippen molar-refractivity contribution >= 4 is 8.07 Å². The molecular formula is C15H28O2Si. The van der Waals surface area contributed by atoms with Gasteiger partial charge in [0.25, 0.3) is 0 Å². The molecule has 0 aromatic rings. The van der Waals surface area contributed by atoms with Crippen LogP contribution >= 0.6 is 0 Å². The number of aliphatic hydroxyl groups excluding tert-OH is 2. The number of hydrogen-bond donors (Lipinski definition) is 2. The smallest absolute Gasteiger partial charge is 0.129 e. The van der Waals surface area contributed by atoms with Gasteiger partial charge in [0, 0.05) is 5.41 Å². The van der Waals surface area contributed by atoms with Gasteiger partial charge in [0.1, 0.15) is 14.2 Å². The Labute approximate surface area is 113 Å². The lowest BCUT2D eigenvalue weighted by Crippen LogP contribution is -2.35. The summed E-state index contributed by atoms with van der Waals surface area (Å²) in [5, 5.41) is 19.7. The Morgan fingerprint density at radius 3 is 2.28 bits per heavy atom. The Bertz CT molecular complexity index is 340. The monoisotopic (exact) mass is 268 g/mol. The van der Waals surface area contributed by atoms with Crippen LogP contribution in [0.5, 0.6) is 0 Å². The van der Waals surface area contributed by atoms with Crippen LogP contribution in [0, 0.1) is 16.9 Å². The molecule has 0 aliphatic carbocycles. The van der Waals surface area contributed by atoms with Crippen molar-refractivity contribution < 1.29 is 10.2 Å². The number of aliphatic hydroxyl groups is 2. The third-order valence-electron chi connectivity index (χ3n) is 2.87. The second-order valence-corrected chi connectivity index (χ2v) is 11.3. The van der Waals surface area contributed by atoms with Gasteiger partial charge in [0.15, 0.2) is 0 Å². The minimum absolute atomic E-state index is 0.0366. The van der Waals surface area contributed by atoms with E-state index >= 15 is 0 Å². The summed E-state index contributed by atoms with van der Waals surface area (Å²) in [5.41, 5.74) is 3.91. The van der Waals surface area contributed by atoms with Gasteiger partial charge in [-0.1, -0.05) is 44.1 Å². The third kappa shape index (κ3) is 7.00. The molecule has 0 saturated carbocycles. The summed E-state index contributed by atoms with van der Waals surface area (Å²) in [6.07, 6.45) is 2.99. The summed E-state index contributed by atoms with van der Waals surface area (Å²) in [4.78, 5) is 0. The summed E-state index contributed by atoms with van der Waals surface area (Å²) >= 11 is 0. The van der Waals surface area contributed by atoms with Crippen LogP contribution in [0.3, 0.4) is 0 Å². The lowest BCUT2D eigenvalue weighted by molar-refractivity contribution is 0.0239. The summed E-state index contributed by atoms with van der Waals surface area (Å²) in [6, 6.07) is 0. The fourth-order valence-electron chi connectivity index (χ4n) is 1.45. The van der Waals surface area contributed by atoms with Crippen molar-refractivity contribution in [3.8, 4) is 11.5 Å². The Morgan fingerprint density at radius 2 is 1.89 bits per heavy atom. The molecule has 2 atom stereocenters. The van der Waals surface area contributed by atoms with Crippen LogP contribution in [-0.4, -0.2) is 31.0 Å². The van der Waals surface area contributed by atoms with E-state index in [1.54, 1.807) is 0 Å². The lowest BCUT2D eigenvalue weighted by atomic mass is 9.81. The second-order valence-electron chi connectivity index (χ2n) is 6.55. The first-order chi connectivity index (χ1) is 8.10. The molecule has 0 aromatic carbocycles. The van der Waals surface area contributed by atoms with Gasteiger partial charge in [-0.05, 0) is 26.7 Å². The summed E-state index contributed by atoms with van der Waals surface area (Å²) < 4.78 is 0. The van der Waals surface area contributed by atoms with Crippen LogP contribution in [0.15, 0.2) is 11.6 Å². The number of rotatable bonds is 5. The van der Waals surface area contributed by atoms with Crippen molar-refractivity contribution in [1.82, 2.24) is 0 Å². The fraction of sp³-hybridized carbons (Fsp3) is 0.733. The highest BCUT2D eigenvalue weighted by Crippen LogP contribution is 2.27. The van der Waals surface area contributed by atoms with Crippen LogP contribution in [0.2, 0.25) is 19.6 Å². The Balaban J connectivity index is 4.71. The van der Waals surface area contributed by atoms with Crippen molar-refractivity contribution in [1.29, 1.82) is 0 Å². The molecule has 0 saturated heterocycles. The third-order valence-corrected chi connectivity index (χ3v) is 3.77. The molecule has 0 heterocycles. The first-order valence-corrected chi connectivity index (χ1v) is 10.1. The van der Waals surface area contributed by atoms with Gasteiger partial charge in [-0.3, -0.25) is 0 Å². The average Bonchev–Trinajstić information content (AvgIpc) is 2.24. The molecule has 2 N–H and O–H groups in total. The molecule has 0 fully saturated rings. The first-order valence-electron chi connectivity index (χ1n) is 6.56. The van der Waals surface area contributed by atoms with E-state index in [1.807, 2.05) is 6.92 Å². The molecule has 0 rings (SSSR count). The molecule has 18 heavy (non-hydrogen) atoms. The molecule has 0 radical (unpaired) electrons. The van der Waals surface area contributed by atoms with E-state index in [-0.39, 0.29) is 6.61 Å². The molecule has 0 aromatic heterocycles. The van der Waals surface area contributed by atoms with Crippen molar-refractivity contribution in [2.45, 2.75) is 59.4 Å². The van der Waals surface area contributed by atoms with E-state index in [0.29, 0.717) is 0 Å². The summed E-state index contributed by atoms with van der Waals surface area (Å²) in [7, 11) is -1.48. The standard InChI is InChI=1S/C15H28O2Si/c1-13(2)8-7-10-15(3,12-16)14(17)9-11-18(4,5)6/h8,14,16-17H,7,10,12H2,1-6H3. The zero-order valence-corrected chi connectivity index (χ0v) is 13.7. The van der Waals surface area contributed by atoms with E-state index in [1.165, 1.54) is 5.57 Å². The SMILES string of the molecule is CC(C)=CCCC(C)(CO)C(O)C#C[Si](C)(C)C. The second kappa shape index (κ2) is 7.13. The Hall–Kier alpha value is -0.563. The maximum Gasteiger partial charge on any atom is 0.129 e. The molecule has 0 spiro atoms. The Morgan fingerprint density at radius 1 is 1.33 bits per heavy atom. The van der Waals surface area contributed by atoms with Crippen LogP contribution in [0.4, 0.5) is 0 Å². The molecule has 0 amide bonds. The highest BCUT2D eigenvalue weighted by Gasteiger charge is 2.30. The number of hydrogen-bond acceptors (Lipinski definition) is 2. The zero-order chi connectivity index (χ0) is 14.4. The van der Waals surface area contributed by atoms with E-state index in [0.717, 1.165) is 12.8 Å². The summed E-state index contributed by atoms with van der Waals surface area (Å²) in [5.74, 6) is 2.94. The molecule has 0 aliphatic heterocycles. The van der Waals surface area contributed by atoms with Crippen LogP contribution in [-0.2, 0) is 0 Å². The largest absolute Gasteiger partial charge is 0.396 e. The van der Waals surface area contributed by atoms with E-state index < -0.39 is 19.6 Å². The average molecular weight is 268 g/mol. The maximum absolute atomic E-state index is 10.2. The molecule has 3 heteroatoms. The predicted molar refractivity (Wildman–Crippen MR) is 81.0 cm³/mol. The van der Waals surface area contributed by atoms with Crippen LogP contribution in [0.1, 0.15) is 33.6 Å². The van der Waals surface area contributed by atoms with Gasteiger partial charge in [-0.25, -0.2) is 0 Å². The number of allylic oxidation sites excluding steroid dienone is 2. The van der Waals surface area contributed by atoms with Crippen molar-refractivity contribution in [2.75, 3.05) is 6.61 Å². The van der Waals surface area contributed by atoms with Gasteiger partial charge in [-0.2, -0.15) is 0 Å². The van der Waals surface area contributed by atoms with Gasteiger partial charge >= 0.3 is 0 Å². The topological polar surface area (TPSA) is 40.5 Å². The van der Waals surface area contributed by atoms with Gasteiger partial charge < -0.3 is 10.2 Å². The first kappa shape index (κ1) is 17.4. The van der Waals surface area contributed by atoms with Gasteiger partial charge in [0.2, 0.25) is 0 Å². The van der Waals surface area contributed by atoms with E-state index in [4.69, 9.17) is 0 Å². The predicted octanol–water partition coefficient (Wildman–Crippen LogP) is 2.97. The molecule has 2 nitrogen and oxygen atoms in total. The van der Waals surface area contributed by atoms with Gasteiger partial charge in [-0.15, -0.1) is 5.54 Å². The maximum atomic E-state index is 10.2.